The molecule has 53 heavy (non-hydrogen) atoms. The van der Waals surface area contributed by atoms with Crippen molar-refractivity contribution in [3.8, 4) is 33.6 Å². The molecule has 0 atom stereocenters. The van der Waals surface area contributed by atoms with E-state index in [-0.39, 0.29) is 25.5 Å². The van der Waals surface area contributed by atoms with Crippen LogP contribution in [-0.4, -0.2) is 18.0 Å². The van der Waals surface area contributed by atoms with Crippen molar-refractivity contribution in [2.45, 2.75) is 87.4 Å². The van der Waals surface area contributed by atoms with Gasteiger partial charge in [-0.2, -0.15) is 0 Å². The molecule has 0 N–H and O–H groups in total. The van der Waals surface area contributed by atoms with E-state index in [2.05, 4.69) is 170 Å². The summed E-state index contributed by atoms with van der Waals surface area (Å²) in [6.07, 6.45) is 4.99. The second-order valence-electron chi connectivity index (χ2n) is 16.8. The summed E-state index contributed by atoms with van der Waals surface area (Å²) in [7, 11) is -1.34. The predicted octanol–water partition coefficient (Wildman–Crippen LogP) is 12.8. The zero-order chi connectivity index (χ0) is 37.4. The number of furan rings is 1. The van der Waals surface area contributed by atoms with Crippen LogP contribution in [0.3, 0.4) is 0 Å². The van der Waals surface area contributed by atoms with E-state index in [1.807, 2.05) is 24.4 Å². The molecule has 7 rings (SSSR count). The maximum atomic E-state index is 6.53. The average Bonchev–Trinajstić information content (AvgIpc) is 3.47. The van der Waals surface area contributed by atoms with Crippen molar-refractivity contribution in [1.29, 1.82) is 0 Å². The zero-order valence-electron chi connectivity index (χ0n) is 33.2. The minimum atomic E-state index is -1.34. The van der Waals surface area contributed by atoms with Crippen molar-refractivity contribution in [2.24, 2.45) is 5.41 Å². The van der Waals surface area contributed by atoms with E-state index < -0.39 is 8.07 Å². The van der Waals surface area contributed by atoms with Gasteiger partial charge < -0.3 is 14.4 Å². The van der Waals surface area contributed by atoms with Crippen LogP contribution in [0.15, 0.2) is 102 Å². The predicted molar refractivity (Wildman–Crippen MR) is 224 cm³/mol. The van der Waals surface area contributed by atoms with E-state index in [1.165, 1.54) is 38.6 Å². The Morgan fingerprint density at radius 2 is 1.53 bits per heavy atom. The van der Waals surface area contributed by atoms with Gasteiger partial charge in [-0.25, -0.2) is 0 Å². The van der Waals surface area contributed by atoms with E-state index in [0.29, 0.717) is 5.92 Å². The minimum Gasteiger partial charge on any atom is -0.501 e. The number of hydrogen-bond acceptors (Lipinski definition) is 3. The SMILES string of the molecule is CC(C)c1cc(-c2[c-]cccc2)ncc1[Si](C)(C)C.Cc1cccc(C)c1-c1ccc2c(c1)oc1c(-c3cc(CC(C)(C)C)ccn3)[c-]cc(C)c12.[Ir]. The van der Waals surface area contributed by atoms with Crippen LogP contribution in [0, 0.1) is 38.3 Å². The van der Waals surface area contributed by atoms with Gasteiger partial charge in [0.05, 0.1) is 13.7 Å². The van der Waals surface area contributed by atoms with E-state index in [1.54, 1.807) is 0 Å². The van der Waals surface area contributed by atoms with Crippen molar-refractivity contribution < 1.29 is 24.5 Å². The number of fused-ring (bicyclic) bond motifs is 3. The van der Waals surface area contributed by atoms with Crippen molar-refractivity contribution in [2.75, 3.05) is 0 Å². The van der Waals surface area contributed by atoms with Gasteiger partial charge in [-0.15, -0.1) is 53.6 Å². The van der Waals surface area contributed by atoms with Crippen molar-refractivity contribution >= 4 is 35.2 Å². The van der Waals surface area contributed by atoms with Crippen LogP contribution in [0.25, 0.3) is 55.6 Å². The molecule has 3 heterocycles. The monoisotopic (exact) mass is 893 g/mol. The summed E-state index contributed by atoms with van der Waals surface area (Å²) in [4.78, 5) is 9.35. The molecule has 275 valence electrons. The van der Waals surface area contributed by atoms with Crippen molar-refractivity contribution in [1.82, 2.24) is 9.97 Å². The molecule has 0 saturated heterocycles. The molecule has 5 heteroatoms. The zero-order valence-corrected chi connectivity index (χ0v) is 36.6. The Balaban J connectivity index is 0.000000232. The standard InChI is InChI=1S/C31H30NO.C17H22NSi.Ir/c1-19-8-7-9-20(2)28(19)23-11-13-25-27(17-23)33-30-24(12-10-21(3)29(25)30)26-16-22(14-15-32-26)18-31(4,5)6;1-13(2)15-11-16(14-9-7-6-8-10-14)18-12-17(15)19(3,4)5;/h7-11,13-17H,18H2,1-6H3;6-9,11-13H,1-5H3;/q2*-1;. The molecule has 0 aliphatic heterocycles. The molecule has 3 aromatic heterocycles. The topological polar surface area (TPSA) is 38.9 Å². The molecule has 4 aromatic carbocycles. The van der Waals surface area contributed by atoms with Crippen molar-refractivity contribution in [3.05, 3.63) is 137 Å². The first kappa shape index (κ1) is 40.0. The van der Waals surface area contributed by atoms with Crippen LogP contribution >= 0.6 is 0 Å². The summed E-state index contributed by atoms with van der Waals surface area (Å²) in [5.41, 5.74) is 14.8. The fourth-order valence-electron chi connectivity index (χ4n) is 7.21. The maximum Gasteiger partial charge on any atom is 0.121 e. The molecule has 1 radical (unpaired) electrons. The summed E-state index contributed by atoms with van der Waals surface area (Å²) in [5.74, 6) is 0.534. The maximum absolute atomic E-state index is 6.53. The van der Waals surface area contributed by atoms with Gasteiger partial charge in [0.2, 0.25) is 0 Å². The number of nitrogens with zero attached hydrogens (tertiary/aromatic N) is 2. The molecule has 0 spiro atoms. The van der Waals surface area contributed by atoms with E-state index in [0.717, 1.165) is 56.4 Å². The summed E-state index contributed by atoms with van der Waals surface area (Å²) in [6, 6.07) is 36.4. The molecule has 0 aliphatic rings. The largest absolute Gasteiger partial charge is 0.501 e. The third-order valence-electron chi connectivity index (χ3n) is 9.68. The Kier molecular flexibility index (Phi) is 12.1. The molecule has 0 bridgehead atoms. The molecule has 0 unspecified atom stereocenters. The molecule has 3 nitrogen and oxygen atoms in total. The molecular formula is C48H52IrN2OSi-2. The summed E-state index contributed by atoms with van der Waals surface area (Å²) < 4.78 is 6.53. The van der Waals surface area contributed by atoms with Crippen LogP contribution in [0.2, 0.25) is 19.6 Å². The quantitative estimate of drug-likeness (QED) is 0.123. The van der Waals surface area contributed by atoms with E-state index in [9.17, 15) is 0 Å². The Morgan fingerprint density at radius 1 is 0.792 bits per heavy atom. The van der Waals surface area contributed by atoms with Gasteiger partial charge in [0.15, 0.2) is 0 Å². The Labute approximate surface area is 331 Å². The van der Waals surface area contributed by atoms with Gasteiger partial charge in [-0.3, -0.25) is 0 Å². The number of pyridine rings is 2. The summed E-state index contributed by atoms with van der Waals surface area (Å²) >= 11 is 0. The first-order valence-corrected chi connectivity index (χ1v) is 22.0. The molecular weight excluding hydrogens is 841 g/mol. The Hall–Kier alpha value is -4.15. The third-order valence-corrected chi connectivity index (χ3v) is 11.7. The smallest absolute Gasteiger partial charge is 0.121 e. The van der Waals surface area contributed by atoms with E-state index >= 15 is 0 Å². The number of benzene rings is 4. The van der Waals surface area contributed by atoms with Crippen LogP contribution in [0.4, 0.5) is 0 Å². The number of aryl methyl sites for hydroxylation is 3. The average molecular weight is 893 g/mol. The Bertz CT molecular complexity index is 2340. The van der Waals surface area contributed by atoms with Gasteiger partial charge in [0.1, 0.15) is 5.58 Å². The van der Waals surface area contributed by atoms with Crippen LogP contribution in [0.5, 0.6) is 0 Å². The van der Waals surface area contributed by atoms with Crippen molar-refractivity contribution in [3.63, 3.8) is 0 Å². The van der Waals surface area contributed by atoms with E-state index in [4.69, 9.17) is 4.42 Å². The third kappa shape index (κ3) is 8.98. The molecule has 0 fully saturated rings. The van der Waals surface area contributed by atoms with Crippen LogP contribution < -0.4 is 5.19 Å². The minimum absolute atomic E-state index is 0. The number of hydrogen-bond donors (Lipinski definition) is 0. The second kappa shape index (κ2) is 16.1. The van der Waals surface area contributed by atoms with Gasteiger partial charge >= 0.3 is 0 Å². The molecule has 7 aromatic rings. The van der Waals surface area contributed by atoms with Gasteiger partial charge in [-0.1, -0.05) is 126 Å². The van der Waals surface area contributed by atoms with Gasteiger partial charge in [0, 0.05) is 37.9 Å². The fourth-order valence-corrected chi connectivity index (χ4v) is 8.89. The van der Waals surface area contributed by atoms with Gasteiger partial charge in [-0.05, 0) is 82.6 Å². The fraction of sp³-hybridized carbons (Fsp3) is 0.292. The molecule has 0 aliphatic carbocycles. The number of rotatable bonds is 6. The first-order chi connectivity index (χ1) is 24.6. The second-order valence-corrected chi connectivity index (χ2v) is 21.8. The summed E-state index contributed by atoms with van der Waals surface area (Å²) in [6.45, 7) is 24.9. The molecule has 0 saturated carbocycles. The van der Waals surface area contributed by atoms with Crippen LogP contribution in [0.1, 0.15) is 68.4 Å². The van der Waals surface area contributed by atoms with Crippen LogP contribution in [-0.2, 0) is 26.5 Å². The Morgan fingerprint density at radius 3 is 2.17 bits per heavy atom. The normalized spacial score (nSPS) is 11.8. The first-order valence-electron chi connectivity index (χ1n) is 18.5. The number of aromatic nitrogens is 2. The van der Waals surface area contributed by atoms with Gasteiger partial charge in [0.25, 0.3) is 0 Å². The summed E-state index contributed by atoms with van der Waals surface area (Å²) in [5, 5.41) is 3.76. The molecule has 0 amide bonds.